The largest absolute Gasteiger partial charge is 0.493 e. The highest BCUT2D eigenvalue weighted by atomic mass is 79.9. The van der Waals surface area contributed by atoms with Gasteiger partial charge >= 0.3 is 0 Å². The van der Waals surface area contributed by atoms with Crippen LogP contribution in [-0.2, 0) is 17.2 Å². The van der Waals surface area contributed by atoms with Crippen LogP contribution in [0, 0.1) is 0 Å². The molecule has 0 fully saturated rings. The van der Waals surface area contributed by atoms with Gasteiger partial charge in [-0.25, -0.2) is 4.68 Å². The van der Waals surface area contributed by atoms with E-state index in [0.717, 1.165) is 16.7 Å². The number of fused-ring (bicyclic) bond motifs is 1. The Bertz CT molecular complexity index is 1920. The van der Waals surface area contributed by atoms with Crippen molar-refractivity contribution < 1.29 is 14.3 Å². The summed E-state index contributed by atoms with van der Waals surface area (Å²) < 4.78 is 14.4. The predicted molar refractivity (Wildman–Crippen MR) is 187 cm³/mol. The van der Waals surface area contributed by atoms with Crippen LogP contribution in [0.2, 0.25) is 10.0 Å². The van der Waals surface area contributed by atoms with Crippen LogP contribution < -0.4 is 20.1 Å². The number of methoxy groups -OCH3 is 1. The summed E-state index contributed by atoms with van der Waals surface area (Å²) in [6.07, 6.45) is 0. The maximum Gasteiger partial charge on any atom is 0.255 e. The van der Waals surface area contributed by atoms with E-state index in [-0.39, 0.29) is 5.91 Å². The zero-order valence-electron chi connectivity index (χ0n) is 24.8. The zero-order valence-corrected chi connectivity index (χ0v) is 28.7. The zero-order chi connectivity index (χ0) is 32.2. The quantitative estimate of drug-likeness (QED) is 0.138. The number of thioether (sulfide) groups is 1. The van der Waals surface area contributed by atoms with Crippen molar-refractivity contribution in [1.82, 2.24) is 14.8 Å². The summed E-state index contributed by atoms with van der Waals surface area (Å²) in [5.74, 6) is 1.85. The lowest BCUT2D eigenvalue weighted by atomic mass is 9.94. The summed E-state index contributed by atoms with van der Waals surface area (Å²) in [5, 5.41) is 13.1. The van der Waals surface area contributed by atoms with Crippen LogP contribution in [0.5, 0.6) is 11.5 Å². The Morgan fingerprint density at radius 2 is 1.78 bits per heavy atom. The average Bonchev–Trinajstić information content (AvgIpc) is 3.46. The molecule has 1 amide bonds. The Kier molecular flexibility index (Phi) is 9.89. The number of ether oxygens (including phenoxy) is 2. The third-order valence-corrected chi connectivity index (χ3v) is 9.38. The number of nitrogens with zero attached hydrogens (tertiary/aromatic N) is 3. The number of aromatic nitrogens is 3. The maximum atomic E-state index is 13.9. The van der Waals surface area contributed by atoms with Crippen molar-refractivity contribution in [1.29, 1.82) is 0 Å². The Hall–Kier alpha value is -3.96. The van der Waals surface area contributed by atoms with Gasteiger partial charge in [0, 0.05) is 27.2 Å². The number of halogens is 3. The number of nitrogens with one attached hydrogen (secondary N) is 2. The lowest BCUT2D eigenvalue weighted by molar-refractivity contribution is -0.113. The van der Waals surface area contributed by atoms with Crippen molar-refractivity contribution in [3.63, 3.8) is 0 Å². The molecule has 1 atom stereocenters. The first-order chi connectivity index (χ1) is 22.3. The number of hydrogen-bond acceptors (Lipinski definition) is 7. The van der Waals surface area contributed by atoms with E-state index in [2.05, 4.69) is 26.6 Å². The van der Waals surface area contributed by atoms with Crippen molar-refractivity contribution in [3.05, 3.63) is 133 Å². The number of carbonyl (C=O) groups is 1. The molecule has 4 aromatic carbocycles. The molecule has 0 aliphatic carbocycles. The van der Waals surface area contributed by atoms with E-state index >= 15 is 0 Å². The molecule has 8 nitrogen and oxygen atoms in total. The van der Waals surface area contributed by atoms with E-state index in [1.807, 2.05) is 97.9 Å². The molecular formula is C34H28BrCl2N5O3S. The highest BCUT2D eigenvalue weighted by molar-refractivity contribution is 9.10. The van der Waals surface area contributed by atoms with Crippen molar-refractivity contribution in [2.75, 3.05) is 17.7 Å². The SMILES string of the molecule is COc1cc(C2C(C(=O)Nc3ccccc3)=C(C)Nc3nc(SCc4ccccc4Cl)nn32)cc(Br)c1OCc1ccc(Cl)cc1. The standard InChI is InChI=1S/C34H28BrCl2N5O3S/c1-20-29(32(43)39-25-9-4-3-5-10-25)30(42-33(38-20)40-34(41-42)46-19-22-8-6-7-11-27(22)37)23-16-26(35)31(28(17-23)44-2)45-18-21-12-14-24(36)15-13-21/h3-17,30H,18-19H2,1-2H3,(H,39,43)(H,38,40,41). The van der Waals surface area contributed by atoms with Gasteiger partial charge in [0.05, 0.1) is 17.2 Å². The van der Waals surface area contributed by atoms with Crippen LogP contribution in [0.3, 0.4) is 0 Å². The number of anilines is 2. The Morgan fingerprint density at radius 1 is 1.04 bits per heavy atom. The highest BCUT2D eigenvalue weighted by Crippen LogP contribution is 2.43. The second-order valence-corrected chi connectivity index (χ2v) is 13.0. The fraction of sp³-hybridized carbons (Fsp3) is 0.147. The predicted octanol–water partition coefficient (Wildman–Crippen LogP) is 9.15. The summed E-state index contributed by atoms with van der Waals surface area (Å²) in [7, 11) is 1.58. The summed E-state index contributed by atoms with van der Waals surface area (Å²) in [6, 6.07) is 27.6. The van der Waals surface area contributed by atoms with E-state index in [1.165, 1.54) is 11.8 Å². The monoisotopic (exact) mass is 735 g/mol. The van der Waals surface area contributed by atoms with Crippen LogP contribution >= 0.6 is 50.9 Å². The topological polar surface area (TPSA) is 90.3 Å². The summed E-state index contributed by atoms with van der Waals surface area (Å²) >= 11 is 17.6. The molecular weight excluding hydrogens is 709 g/mol. The molecule has 2 N–H and O–H groups in total. The molecule has 5 aromatic rings. The van der Waals surface area contributed by atoms with Crippen molar-refractivity contribution in [2.45, 2.75) is 30.5 Å². The van der Waals surface area contributed by atoms with E-state index in [1.54, 1.807) is 11.8 Å². The van der Waals surface area contributed by atoms with E-state index in [0.29, 0.717) is 66.4 Å². The first-order valence-corrected chi connectivity index (χ1v) is 16.8. The molecule has 0 spiro atoms. The van der Waals surface area contributed by atoms with Gasteiger partial charge in [-0.2, -0.15) is 4.98 Å². The van der Waals surface area contributed by atoms with Gasteiger partial charge in [-0.05, 0) is 82.0 Å². The second kappa shape index (κ2) is 14.2. The third kappa shape index (κ3) is 7.05. The Morgan fingerprint density at radius 3 is 2.52 bits per heavy atom. The number of allylic oxidation sites excluding steroid dienone is 1. The average molecular weight is 738 g/mol. The van der Waals surface area contributed by atoms with Gasteiger partial charge in [-0.15, -0.1) is 5.10 Å². The molecule has 1 aromatic heterocycles. The molecule has 0 bridgehead atoms. The molecule has 46 heavy (non-hydrogen) atoms. The number of amides is 1. The molecule has 2 heterocycles. The molecule has 0 radical (unpaired) electrons. The van der Waals surface area contributed by atoms with Gasteiger partial charge < -0.3 is 20.1 Å². The normalized spacial score (nSPS) is 14.0. The van der Waals surface area contributed by atoms with Crippen LogP contribution in [0.25, 0.3) is 0 Å². The minimum atomic E-state index is -0.641. The molecule has 12 heteroatoms. The molecule has 1 aliphatic rings. The van der Waals surface area contributed by atoms with Gasteiger partial charge in [0.15, 0.2) is 11.5 Å². The number of para-hydroxylation sites is 1. The number of benzene rings is 4. The van der Waals surface area contributed by atoms with Gasteiger partial charge in [-0.3, -0.25) is 4.79 Å². The second-order valence-electron chi connectivity index (χ2n) is 10.4. The molecule has 234 valence electrons. The van der Waals surface area contributed by atoms with Crippen LogP contribution in [0.1, 0.15) is 29.7 Å². The van der Waals surface area contributed by atoms with Crippen LogP contribution in [0.4, 0.5) is 11.6 Å². The minimum Gasteiger partial charge on any atom is -0.493 e. The van der Waals surface area contributed by atoms with Crippen LogP contribution in [0.15, 0.2) is 112 Å². The van der Waals surface area contributed by atoms with E-state index < -0.39 is 6.04 Å². The smallest absolute Gasteiger partial charge is 0.255 e. The number of rotatable bonds is 10. The molecule has 0 saturated carbocycles. The fourth-order valence-corrected chi connectivity index (χ4v) is 6.86. The number of hydrogen-bond donors (Lipinski definition) is 2. The number of carbonyl (C=O) groups excluding carboxylic acids is 1. The lowest BCUT2D eigenvalue weighted by Crippen LogP contribution is -2.31. The molecule has 1 aliphatic heterocycles. The molecule has 6 rings (SSSR count). The van der Waals surface area contributed by atoms with E-state index in [9.17, 15) is 4.79 Å². The summed E-state index contributed by atoms with van der Waals surface area (Å²) in [5.41, 5.74) is 4.48. The Labute approximate surface area is 289 Å². The van der Waals surface area contributed by atoms with Crippen molar-refractivity contribution >= 4 is 68.4 Å². The van der Waals surface area contributed by atoms with Gasteiger partial charge in [0.2, 0.25) is 11.1 Å². The Balaban J connectivity index is 1.37. The highest BCUT2D eigenvalue weighted by Gasteiger charge is 2.35. The lowest BCUT2D eigenvalue weighted by Gasteiger charge is -2.29. The fourth-order valence-electron chi connectivity index (χ4n) is 5.05. The minimum absolute atomic E-state index is 0.272. The van der Waals surface area contributed by atoms with Gasteiger partial charge in [0.1, 0.15) is 12.6 Å². The molecule has 1 unspecified atom stereocenters. The first kappa shape index (κ1) is 32.0. The van der Waals surface area contributed by atoms with Crippen molar-refractivity contribution in [3.8, 4) is 11.5 Å². The van der Waals surface area contributed by atoms with Gasteiger partial charge in [0.25, 0.3) is 5.91 Å². The summed E-state index contributed by atoms with van der Waals surface area (Å²) in [4.78, 5) is 18.7. The van der Waals surface area contributed by atoms with E-state index in [4.69, 9.17) is 42.8 Å². The summed E-state index contributed by atoms with van der Waals surface area (Å²) in [6.45, 7) is 2.17. The first-order valence-electron chi connectivity index (χ1n) is 14.2. The van der Waals surface area contributed by atoms with Gasteiger partial charge in [-0.1, -0.05) is 83.5 Å². The van der Waals surface area contributed by atoms with Crippen molar-refractivity contribution in [2.24, 2.45) is 0 Å². The third-order valence-electron chi connectivity index (χ3n) is 7.29. The van der Waals surface area contributed by atoms with Crippen LogP contribution in [-0.4, -0.2) is 27.8 Å². The molecule has 0 saturated heterocycles. The maximum absolute atomic E-state index is 13.9.